The van der Waals surface area contributed by atoms with Crippen molar-refractivity contribution in [2.75, 3.05) is 6.61 Å². The van der Waals surface area contributed by atoms with Gasteiger partial charge in [0, 0.05) is 6.42 Å². The maximum absolute atomic E-state index is 12.8. The molecule has 0 aliphatic rings. The number of fused-ring (bicyclic) bond motifs is 1. The Hall–Kier alpha value is -2.88. The van der Waals surface area contributed by atoms with Crippen LogP contribution >= 0.6 is 0 Å². The molecule has 0 saturated carbocycles. The fraction of sp³-hybridized carbons (Fsp3) is 0.333. The number of carbonyl (C=O) groups is 1. The van der Waals surface area contributed by atoms with Gasteiger partial charge < -0.3 is 9.15 Å². The third-order valence-corrected chi connectivity index (χ3v) is 4.85. The molecule has 0 amide bonds. The fourth-order valence-electron chi connectivity index (χ4n) is 3.27. The van der Waals surface area contributed by atoms with E-state index in [1.165, 1.54) is 0 Å². The zero-order chi connectivity index (χ0) is 19.9. The highest BCUT2D eigenvalue weighted by Gasteiger charge is 2.10. The Morgan fingerprint density at radius 1 is 1.04 bits per heavy atom. The van der Waals surface area contributed by atoms with Crippen LogP contribution < -0.4 is 5.43 Å². The first-order valence-corrected chi connectivity index (χ1v) is 9.85. The van der Waals surface area contributed by atoms with Crippen molar-refractivity contribution in [3.05, 3.63) is 70.1 Å². The van der Waals surface area contributed by atoms with Crippen molar-refractivity contribution in [3.63, 3.8) is 0 Å². The van der Waals surface area contributed by atoms with E-state index in [-0.39, 0.29) is 11.4 Å². The molecule has 3 rings (SSSR count). The normalized spacial score (nSPS) is 10.9. The molecule has 4 nitrogen and oxygen atoms in total. The van der Waals surface area contributed by atoms with E-state index in [9.17, 15) is 9.59 Å². The summed E-state index contributed by atoms with van der Waals surface area (Å²) in [5, 5.41) is 0.601. The van der Waals surface area contributed by atoms with Crippen molar-refractivity contribution in [1.82, 2.24) is 0 Å². The molecule has 3 aromatic rings. The van der Waals surface area contributed by atoms with Crippen LogP contribution in [0.1, 0.15) is 43.7 Å². The Balaban J connectivity index is 1.66. The minimum absolute atomic E-state index is 0.00825. The van der Waals surface area contributed by atoms with E-state index in [0.29, 0.717) is 29.6 Å². The third-order valence-electron chi connectivity index (χ3n) is 4.85. The van der Waals surface area contributed by atoms with E-state index in [1.807, 2.05) is 56.3 Å². The first-order valence-electron chi connectivity index (χ1n) is 9.85. The van der Waals surface area contributed by atoms with Gasteiger partial charge in [-0.3, -0.25) is 9.59 Å². The van der Waals surface area contributed by atoms with Crippen molar-refractivity contribution >= 4 is 16.9 Å². The number of carbonyl (C=O) groups excluding carboxylic acids is 1. The van der Waals surface area contributed by atoms with Gasteiger partial charge in [0.05, 0.1) is 17.6 Å². The van der Waals surface area contributed by atoms with Gasteiger partial charge in [0.1, 0.15) is 11.8 Å². The predicted molar refractivity (Wildman–Crippen MR) is 111 cm³/mol. The van der Waals surface area contributed by atoms with Gasteiger partial charge in [-0.1, -0.05) is 42.3 Å². The van der Waals surface area contributed by atoms with Crippen LogP contribution in [0.5, 0.6) is 0 Å². The molecule has 28 heavy (non-hydrogen) atoms. The molecule has 0 atom stereocenters. The number of benzene rings is 2. The molecule has 0 aliphatic carbocycles. The molecule has 0 radical (unpaired) electrons. The first-order chi connectivity index (χ1) is 13.6. The molecule has 4 heteroatoms. The molecule has 0 bridgehead atoms. The lowest BCUT2D eigenvalue weighted by Gasteiger charge is -2.06. The van der Waals surface area contributed by atoms with E-state index in [0.717, 1.165) is 42.4 Å². The molecule has 0 aliphatic heterocycles. The number of esters is 1. The molecule has 0 N–H and O–H groups in total. The molecular formula is C24H26O4. The van der Waals surface area contributed by atoms with Gasteiger partial charge >= 0.3 is 5.97 Å². The molecule has 1 heterocycles. The van der Waals surface area contributed by atoms with Crippen molar-refractivity contribution in [2.45, 2.75) is 46.0 Å². The average molecular weight is 378 g/mol. The second-order valence-electron chi connectivity index (χ2n) is 7.04. The van der Waals surface area contributed by atoms with Gasteiger partial charge in [0.2, 0.25) is 0 Å². The van der Waals surface area contributed by atoms with Gasteiger partial charge in [-0.15, -0.1) is 0 Å². The molecule has 0 saturated heterocycles. The minimum Gasteiger partial charge on any atom is -0.466 e. The smallest absolute Gasteiger partial charge is 0.305 e. The molecule has 2 aromatic carbocycles. The van der Waals surface area contributed by atoms with Crippen LogP contribution in [0.3, 0.4) is 0 Å². The summed E-state index contributed by atoms with van der Waals surface area (Å²) < 4.78 is 10.7. The van der Waals surface area contributed by atoms with Crippen LogP contribution in [0, 0.1) is 6.92 Å². The molecule has 0 spiro atoms. The Morgan fingerprint density at radius 3 is 2.57 bits per heavy atom. The number of hydrogen-bond donors (Lipinski definition) is 0. The van der Waals surface area contributed by atoms with Crippen LogP contribution in [0.4, 0.5) is 0 Å². The van der Waals surface area contributed by atoms with Crippen molar-refractivity contribution in [2.24, 2.45) is 0 Å². The summed E-state index contributed by atoms with van der Waals surface area (Å²) in [4.78, 5) is 24.2. The lowest BCUT2D eigenvalue weighted by Crippen LogP contribution is -2.05. The van der Waals surface area contributed by atoms with Gasteiger partial charge in [-0.25, -0.2) is 0 Å². The number of unbranched alkanes of at least 4 members (excludes halogenated alkanes) is 2. The quantitative estimate of drug-likeness (QED) is 0.387. The third kappa shape index (κ3) is 4.89. The van der Waals surface area contributed by atoms with E-state index in [4.69, 9.17) is 9.15 Å². The van der Waals surface area contributed by atoms with E-state index >= 15 is 0 Å². The van der Waals surface area contributed by atoms with Crippen molar-refractivity contribution < 1.29 is 13.9 Å². The maximum Gasteiger partial charge on any atom is 0.305 e. The van der Waals surface area contributed by atoms with E-state index in [2.05, 4.69) is 0 Å². The van der Waals surface area contributed by atoms with Crippen molar-refractivity contribution in [3.8, 4) is 11.1 Å². The number of hydrogen-bond acceptors (Lipinski definition) is 4. The summed E-state index contributed by atoms with van der Waals surface area (Å²) in [6.07, 6.45) is 5.70. The Kier molecular flexibility index (Phi) is 6.64. The summed E-state index contributed by atoms with van der Waals surface area (Å²) >= 11 is 0. The van der Waals surface area contributed by atoms with Crippen LogP contribution in [0.25, 0.3) is 22.1 Å². The summed E-state index contributed by atoms with van der Waals surface area (Å²) in [6, 6.07) is 13.7. The SMILES string of the molecule is CCOC(=O)CCCCCc1ccc2c(=O)c(-c3ccc(C)cc3)coc2c1. The highest BCUT2D eigenvalue weighted by Crippen LogP contribution is 2.21. The summed E-state index contributed by atoms with van der Waals surface area (Å²) in [5.41, 5.74) is 4.35. The average Bonchev–Trinajstić information content (AvgIpc) is 2.69. The Labute approximate surface area is 165 Å². The zero-order valence-corrected chi connectivity index (χ0v) is 16.5. The molecular weight excluding hydrogens is 352 g/mol. The monoisotopic (exact) mass is 378 g/mol. The molecule has 1 aromatic heterocycles. The van der Waals surface area contributed by atoms with Gasteiger partial charge in [-0.2, -0.15) is 0 Å². The molecule has 0 unspecified atom stereocenters. The van der Waals surface area contributed by atoms with Gasteiger partial charge in [0.15, 0.2) is 5.43 Å². The highest BCUT2D eigenvalue weighted by molar-refractivity contribution is 5.82. The van der Waals surface area contributed by atoms with Crippen LogP contribution in [0.15, 0.2) is 57.9 Å². The lowest BCUT2D eigenvalue weighted by atomic mass is 10.0. The van der Waals surface area contributed by atoms with E-state index < -0.39 is 0 Å². The van der Waals surface area contributed by atoms with Crippen LogP contribution in [-0.4, -0.2) is 12.6 Å². The summed E-state index contributed by atoms with van der Waals surface area (Å²) in [7, 11) is 0. The van der Waals surface area contributed by atoms with E-state index in [1.54, 1.807) is 6.26 Å². The molecule has 0 fully saturated rings. The number of rotatable bonds is 8. The Morgan fingerprint density at radius 2 is 1.82 bits per heavy atom. The highest BCUT2D eigenvalue weighted by atomic mass is 16.5. The van der Waals surface area contributed by atoms with Crippen molar-refractivity contribution in [1.29, 1.82) is 0 Å². The van der Waals surface area contributed by atoms with Gasteiger partial charge in [-0.05, 0) is 56.4 Å². The van der Waals surface area contributed by atoms with Crippen LogP contribution in [-0.2, 0) is 16.0 Å². The topological polar surface area (TPSA) is 56.5 Å². The zero-order valence-electron chi connectivity index (χ0n) is 16.5. The fourth-order valence-corrected chi connectivity index (χ4v) is 3.27. The minimum atomic E-state index is -0.126. The second-order valence-corrected chi connectivity index (χ2v) is 7.04. The first kappa shape index (κ1) is 19.9. The van der Waals surface area contributed by atoms with Crippen LogP contribution in [0.2, 0.25) is 0 Å². The predicted octanol–water partition coefficient (Wildman–Crippen LogP) is 5.43. The second kappa shape index (κ2) is 9.36. The molecule has 146 valence electrons. The van der Waals surface area contributed by atoms with Gasteiger partial charge in [0.25, 0.3) is 0 Å². The summed E-state index contributed by atoms with van der Waals surface area (Å²) in [5.74, 6) is -0.126. The number of aryl methyl sites for hydroxylation is 2. The summed E-state index contributed by atoms with van der Waals surface area (Å²) in [6.45, 7) is 4.28. The lowest BCUT2D eigenvalue weighted by molar-refractivity contribution is -0.143. The maximum atomic E-state index is 12.8. The standard InChI is InChI=1S/C24H26O4/c1-3-27-23(25)8-6-4-5-7-18-11-14-20-22(15-18)28-16-21(24(20)26)19-12-9-17(2)10-13-19/h9-16H,3-8H2,1-2H3. The largest absolute Gasteiger partial charge is 0.466 e. The Bertz CT molecular complexity index is 999. The number of ether oxygens (including phenoxy) is 1.